The van der Waals surface area contributed by atoms with Crippen LogP contribution in [-0.2, 0) is 26.1 Å². The van der Waals surface area contributed by atoms with Gasteiger partial charge in [-0.2, -0.15) is 0 Å². The molecule has 100 valence electrons. The Morgan fingerprint density at radius 1 is 0.842 bits per heavy atom. The Hall–Kier alpha value is -1.64. The second-order valence-electron chi connectivity index (χ2n) is 4.75. The molecule has 0 heterocycles. The minimum atomic E-state index is 0.103. The van der Waals surface area contributed by atoms with Gasteiger partial charge in [-0.05, 0) is 28.7 Å². The lowest BCUT2D eigenvalue weighted by atomic mass is 10.1. The molecule has 2 rings (SSSR count). The minimum Gasteiger partial charge on any atom is -0.392 e. The van der Waals surface area contributed by atoms with Crippen LogP contribution < -0.4 is 5.32 Å². The summed E-state index contributed by atoms with van der Waals surface area (Å²) < 4.78 is 0. The van der Waals surface area contributed by atoms with Crippen molar-refractivity contribution in [3.8, 4) is 0 Å². The molecule has 0 atom stereocenters. The highest BCUT2D eigenvalue weighted by Crippen LogP contribution is 2.07. The quantitative estimate of drug-likeness (QED) is 0.831. The van der Waals surface area contributed by atoms with Gasteiger partial charge in [-0.3, -0.25) is 0 Å². The molecule has 2 nitrogen and oxygen atoms in total. The lowest BCUT2D eigenvalue weighted by Crippen LogP contribution is -2.12. The van der Waals surface area contributed by atoms with Gasteiger partial charge in [0.1, 0.15) is 0 Å². The van der Waals surface area contributed by atoms with Crippen LogP contribution in [-0.4, -0.2) is 5.11 Å². The van der Waals surface area contributed by atoms with E-state index >= 15 is 0 Å². The van der Waals surface area contributed by atoms with Gasteiger partial charge < -0.3 is 10.4 Å². The summed E-state index contributed by atoms with van der Waals surface area (Å²) in [4.78, 5) is 0. The van der Waals surface area contributed by atoms with Crippen molar-refractivity contribution in [2.24, 2.45) is 0 Å². The largest absolute Gasteiger partial charge is 0.392 e. The molecule has 2 aromatic carbocycles. The van der Waals surface area contributed by atoms with E-state index in [1.54, 1.807) is 0 Å². The fourth-order valence-corrected chi connectivity index (χ4v) is 2.08. The molecule has 0 radical (unpaired) electrons. The van der Waals surface area contributed by atoms with Crippen LogP contribution in [0.2, 0.25) is 0 Å². The van der Waals surface area contributed by atoms with Crippen molar-refractivity contribution in [1.82, 2.24) is 5.32 Å². The van der Waals surface area contributed by atoms with Crippen LogP contribution in [0.4, 0.5) is 0 Å². The molecule has 2 N–H and O–H groups in total. The number of aliphatic hydroxyl groups is 1. The Kier molecular flexibility index (Phi) is 5.13. The predicted octanol–water partition coefficient (Wildman–Crippen LogP) is 3.03. The second-order valence-corrected chi connectivity index (χ2v) is 4.75. The maximum atomic E-state index is 9.09. The molecule has 19 heavy (non-hydrogen) atoms. The van der Waals surface area contributed by atoms with Gasteiger partial charge in [0.25, 0.3) is 0 Å². The Bertz CT molecular complexity index is 505. The van der Waals surface area contributed by atoms with Gasteiger partial charge in [0.05, 0.1) is 6.61 Å². The van der Waals surface area contributed by atoms with E-state index in [0.29, 0.717) is 0 Å². The first kappa shape index (κ1) is 13.8. The Balaban J connectivity index is 1.85. The fraction of sp³-hybridized carbons (Fsp3) is 0.294. The molecule has 2 heteroatoms. The predicted molar refractivity (Wildman–Crippen MR) is 78.7 cm³/mol. The fourth-order valence-electron chi connectivity index (χ4n) is 2.08. The molecule has 0 spiro atoms. The van der Waals surface area contributed by atoms with E-state index in [4.69, 9.17) is 5.11 Å². The molecule has 0 fully saturated rings. The zero-order chi connectivity index (χ0) is 13.5. The van der Waals surface area contributed by atoms with E-state index in [1.165, 1.54) is 16.7 Å². The van der Waals surface area contributed by atoms with Gasteiger partial charge in [0, 0.05) is 13.1 Å². The number of benzene rings is 2. The van der Waals surface area contributed by atoms with Crippen LogP contribution in [0.25, 0.3) is 0 Å². The van der Waals surface area contributed by atoms with Crippen LogP contribution in [0.3, 0.4) is 0 Å². The average Bonchev–Trinajstić information content (AvgIpc) is 2.48. The summed E-state index contributed by atoms with van der Waals surface area (Å²) in [5, 5.41) is 12.5. The highest BCUT2D eigenvalue weighted by molar-refractivity contribution is 5.24. The maximum Gasteiger partial charge on any atom is 0.0681 e. The van der Waals surface area contributed by atoms with E-state index in [-0.39, 0.29) is 6.61 Å². The summed E-state index contributed by atoms with van der Waals surface area (Å²) >= 11 is 0. The standard InChI is InChI=1S/C17H21NO/c1-2-14-6-8-15(9-7-14)11-18-12-16-4-3-5-17(10-16)13-19/h3-10,18-19H,2,11-13H2,1H3. The van der Waals surface area contributed by atoms with Crippen molar-refractivity contribution in [1.29, 1.82) is 0 Å². The monoisotopic (exact) mass is 255 g/mol. The highest BCUT2D eigenvalue weighted by atomic mass is 16.3. The summed E-state index contributed by atoms with van der Waals surface area (Å²) in [5.41, 5.74) is 4.85. The Morgan fingerprint density at radius 3 is 2.16 bits per heavy atom. The number of hydrogen-bond donors (Lipinski definition) is 2. The SMILES string of the molecule is CCc1ccc(CNCc2cccc(CO)c2)cc1. The first-order chi connectivity index (χ1) is 9.31. The third-order valence-corrected chi connectivity index (χ3v) is 3.26. The van der Waals surface area contributed by atoms with E-state index in [2.05, 4.69) is 42.6 Å². The summed E-state index contributed by atoms with van der Waals surface area (Å²) in [6, 6.07) is 16.8. The molecule has 0 aliphatic rings. The van der Waals surface area contributed by atoms with Gasteiger partial charge in [-0.1, -0.05) is 55.5 Å². The zero-order valence-electron chi connectivity index (χ0n) is 11.4. The number of nitrogens with one attached hydrogen (secondary N) is 1. The summed E-state index contributed by atoms with van der Waals surface area (Å²) in [6.07, 6.45) is 1.08. The zero-order valence-corrected chi connectivity index (χ0v) is 11.4. The van der Waals surface area contributed by atoms with E-state index in [0.717, 1.165) is 25.1 Å². The molecule has 0 saturated heterocycles. The average molecular weight is 255 g/mol. The van der Waals surface area contributed by atoms with Crippen molar-refractivity contribution in [3.05, 3.63) is 70.8 Å². The Morgan fingerprint density at radius 2 is 1.47 bits per heavy atom. The van der Waals surface area contributed by atoms with Crippen molar-refractivity contribution < 1.29 is 5.11 Å². The van der Waals surface area contributed by atoms with Crippen molar-refractivity contribution in [2.75, 3.05) is 0 Å². The van der Waals surface area contributed by atoms with Crippen LogP contribution in [0.1, 0.15) is 29.2 Å². The van der Waals surface area contributed by atoms with Gasteiger partial charge in [-0.15, -0.1) is 0 Å². The first-order valence-corrected chi connectivity index (χ1v) is 6.79. The van der Waals surface area contributed by atoms with Gasteiger partial charge in [0.15, 0.2) is 0 Å². The van der Waals surface area contributed by atoms with Crippen LogP contribution >= 0.6 is 0 Å². The molecule has 0 amide bonds. The van der Waals surface area contributed by atoms with Crippen molar-refractivity contribution in [3.63, 3.8) is 0 Å². The summed E-state index contributed by atoms with van der Waals surface area (Å²) in [7, 11) is 0. The number of hydrogen-bond acceptors (Lipinski definition) is 2. The van der Waals surface area contributed by atoms with Crippen molar-refractivity contribution in [2.45, 2.75) is 33.0 Å². The minimum absolute atomic E-state index is 0.103. The summed E-state index contributed by atoms with van der Waals surface area (Å²) in [5.74, 6) is 0. The van der Waals surface area contributed by atoms with Crippen molar-refractivity contribution >= 4 is 0 Å². The summed E-state index contributed by atoms with van der Waals surface area (Å²) in [6.45, 7) is 3.96. The molecule has 0 bridgehead atoms. The lowest BCUT2D eigenvalue weighted by Gasteiger charge is -2.07. The lowest BCUT2D eigenvalue weighted by molar-refractivity contribution is 0.281. The second kappa shape index (κ2) is 7.07. The van der Waals surface area contributed by atoms with Crippen LogP contribution in [0.5, 0.6) is 0 Å². The van der Waals surface area contributed by atoms with E-state index in [1.807, 2.05) is 18.2 Å². The molecular formula is C17H21NO. The van der Waals surface area contributed by atoms with Gasteiger partial charge >= 0.3 is 0 Å². The molecule has 0 aliphatic heterocycles. The topological polar surface area (TPSA) is 32.3 Å². The molecule has 0 aromatic heterocycles. The van der Waals surface area contributed by atoms with Crippen LogP contribution in [0, 0.1) is 0 Å². The first-order valence-electron chi connectivity index (χ1n) is 6.79. The molecule has 0 unspecified atom stereocenters. The number of aliphatic hydroxyl groups excluding tert-OH is 1. The molecular weight excluding hydrogens is 234 g/mol. The normalized spacial score (nSPS) is 10.6. The smallest absolute Gasteiger partial charge is 0.0681 e. The maximum absolute atomic E-state index is 9.09. The number of rotatable bonds is 6. The van der Waals surface area contributed by atoms with Gasteiger partial charge in [-0.25, -0.2) is 0 Å². The van der Waals surface area contributed by atoms with E-state index in [9.17, 15) is 0 Å². The molecule has 0 saturated carbocycles. The highest BCUT2D eigenvalue weighted by Gasteiger charge is 1.97. The van der Waals surface area contributed by atoms with E-state index < -0.39 is 0 Å². The molecule has 2 aromatic rings. The number of aryl methyl sites for hydroxylation is 1. The Labute approximate surface area is 115 Å². The third-order valence-electron chi connectivity index (χ3n) is 3.26. The third kappa shape index (κ3) is 4.19. The molecule has 0 aliphatic carbocycles. The van der Waals surface area contributed by atoms with Gasteiger partial charge in [0.2, 0.25) is 0 Å². The van der Waals surface area contributed by atoms with Crippen LogP contribution in [0.15, 0.2) is 48.5 Å².